The molecule has 1 unspecified atom stereocenters. The fourth-order valence-corrected chi connectivity index (χ4v) is 2.62. The molecule has 2 atom stereocenters. The van der Waals surface area contributed by atoms with Crippen molar-refractivity contribution in [3.8, 4) is 0 Å². The normalized spacial score (nSPS) is 13.8. The van der Waals surface area contributed by atoms with Gasteiger partial charge < -0.3 is 15.5 Å². The molecule has 0 saturated heterocycles. The first-order valence-corrected chi connectivity index (χ1v) is 7.70. The van der Waals surface area contributed by atoms with Gasteiger partial charge in [-0.15, -0.1) is 11.3 Å². The minimum Gasteiger partial charge on any atom is -0.349 e. The zero-order chi connectivity index (χ0) is 15.1. The van der Waals surface area contributed by atoms with Gasteiger partial charge in [-0.2, -0.15) is 0 Å². The molecule has 0 aliphatic rings. The Balaban J connectivity index is 2.33. The van der Waals surface area contributed by atoms with Crippen molar-refractivity contribution in [2.45, 2.75) is 32.9 Å². The molecule has 0 radical (unpaired) electrons. The molecule has 1 aromatic heterocycles. The van der Waals surface area contributed by atoms with E-state index in [1.54, 1.807) is 11.3 Å². The van der Waals surface area contributed by atoms with Crippen LogP contribution in [0.5, 0.6) is 0 Å². The van der Waals surface area contributed by atoms with Gasteiger partial charge in [0.05, 0.1) is 13.1 Å². The van der Waals surface area contributed by atoms with E-state index in [1.807, 2.05) is 45.3 Å². The van der Waals surface area contributed by atoms with E-state index in [-0.39, 0.29) is 23.9 Å². The van der Waals surface area contributed by atoms with E-state index >= 15 is 0 Å². The van der Waals surface area contributed by atoms with Crippen molar-refractivity contribution in [1.29, 1.82) is 0 Å². The van der Waals surface area contributed by atoms with E-state index in [0.29, 0.717) is 13.1 Å². The highest BCUT2D eigenvalue weighted by Gasteiger charge is 2.16. The first-order chi connectivity index (χ1) is 9.38. The molecule has 0 fully saturated rings. The summed E-state index contributed by atoms with van der Waals surface area (Å²) in [6.45, 7) is 6.40. The van der Waals surface area contributed by atoms with Crippen LogP contribution >= 0.6 is 11.3 Å². The first-order valence-electron chi connectivity index (χ1n) is 6.82. The average Bonchev–Trinajstić information content (AvgIpc) is 2.79. The van der Waals surface area contributed by atoms with E-state index in [4.69, 9.17) is 0 Å². The van der Waals surface area contributed by atoms with Crippen LogP contribution in [0.4, 0.5) is 0 Å². The van der Waals surface area contributed by atoms with Crippen LogP contribution in [0.15, 0.2) is 17.5 Å². The van der Waals surface area contributed by atoms with Crippen LogP contribution < -0.4 is 15.5 Å². The van der Waals surface area contributed by atoms with Crippen LogP contribution in [0.2, 0.25) is 0 Å². The summed E-state index contributed by atoms with van der Waals surface area (Å²) in [5.41, 5.74) is 0. The van der Waals surface area contributed by atoms with Gasteiger partial charge in [-0.05, 0) is 32.2 Å². The molecular weight excluding hydrogens is 274 g/mol. The largest absolute Gasteiger partial charge is 0.349 e. The Kier molecular flexibility index (Phi) is 6.67. The third-order valence-electron chi connectivity index (χ3n) is 2.72. The molecule has 112 valence electrons. The molecule has 2 amide bonds. The number of carbonyl (C=O) groups is 2. The summed E-state index contributed by atoms with van der Waals surface area (Å²) < 4.78 is 0. The van der Waals surface area contributed by atoms with Crippen LogP contribution in [0.1, 0.15) is 31.7 Å². The van der Waals surface area contributed by atoms with Gasteiger partial charge in [0, 0.05) is 10.9 Å². The number of likely N-dealkylation sites (N-methyl/N-ethyl adjacent to an activating group) is 1. The number of amides is 2. The number of hydrogen-bond acceptors (Lipinski definition) is 3. The zero-order valence-electron chi connectivity index (χ0n) is 12.5. The lowest BCUT2D eigenvalue weighted by Gasteiger charge is -2.17. The maximum atomic E-state index is 11.9. The Morgan fingerprint density at radius 3 is 2.30 bits per heavy atom. The van der Waals surface area contributed by atoms with Crippen molar-refractivity contribution in [2.24, 2.45) is 0 Å². The second-order valence-electron chi connectivity index (χ2n) is 5.34. The predicted octanol–water partition coefficient (Wildman–Crippen LogP) is -0.0354. The first kappa shape index (κ1) is 16.7. The number of carbonyl (C=O) groups excluding carboxylic acids is 2. The van der Waals surface area contributed by atoms with Crippen molar-refractivity contribution in [3.05, 3.63) is 22.4 Å². The van der Waals surface area contributed by atoms with E-state index < -0.39 is 0 Å². The average molecular weight is 298 g/mol. The highest BCUT2D eigenvalue weighted by atomic mass is 32.1. The fraction of sp³-hybridized carbons (Fsp3) is 0.571. The van der Waals surface area contributed by atoms with Gasteiger partial charge in [0.1, 0.15) is 0 Å². The summed E-state index contributed by atoms with van der Waals surface area (Å²) in [4.78, 5) is 25.5. The van der Waals surface area contributed by atoms with Crippen molar-refractivity contribution in [1.82, 2.24) is 10.6 Å². The van der Waals surface area contributed by atoms with Crippen LogP contribution in [0, 0.1) is 0 Å². The van der Waals surface area contributed by atoms with Crippen molar-refractivity contribution >= 4 is 23.2 Å². The van der Waals surface area contributed by atoms with Crippen molar-refractivity contribution < 1.29 is 14.5 Å². The number of thiophene rings is 1. The topological polar surface area (TPSA) is 62.6 Å². The van der Waals surface area contributed by atoms with Crippen molar-refractivity contribution in [2.75, 3.05) is 20.1 Å². The molecule has 5 nitrogen and oxygen atoms in total. The maximum Gasteiger partial charge on any atom is 0.275 e. The monoisotopic (exact) mass is 298 g/mol. The van der Waals surface area contributed by atoms with E-state index in [0.717, 1.165) is 9.78 Å². The Morgan fingerprint density at radius 1 is 1.20 bits per heavy atom. The van der Waals surface area contributed by atoms with Crippen LogP contribution in [-0.2, 0) is 9.59 Å². The van der Waals surface area contributed by atoms with Crippen LogP contribution in [-0.4, -0.2) is 38.0 Å². The Labute approximate surface area is 124 Å². The number of quaternary nitrogens is 1. The quantitative estimate of drug-likeness (QED) is 0.662. The van der Waals surface area contributed by atoms with Gasteiger partial charge in [-0.3, -0.25) is 9.59 Å². The maximum absolute atomic E-state index is 11.9. The summed E-state index contributed by atoms with van der Waals surface area (Å²) in [7, 11) is 1.84. The smallest absolute Gasteiger partial charge is 0.275 e. The van der Waals surface area contributed by atoms with Gasteiger partial charge in [0.25, 0.3) is 11.8 Å². The summed E-state index contributed by atoms with van der Waals surface area (Å²) in [5.74, 6) is -0.0719. The van der Waals surface area contributed by atoms with Gasteiger partial charge in [0.2, 0.25) is 0 Å². The van der Waals surface area contributed by atoms with Gasteiger partial charge in [-0.25, -0.2) is 0 Å². The van der Waals surface area contributed by atoms with Gasteiger partial charge >= 0.3 is 0 Å². The molecule has 1 aromatic rings. The minimum absolute atomic E-state index is 0.0137. The fourth-order valence-electron chi connectivity index (χ4n) is 1.88. The molecule has 0 aliphatic carbocycles. The molecule has 6 heteroatoms. The Morgan fingerprint density at radius 2 is 1.80 bits per heavy atom. The summed E-state index contributed by atoms with van der Waals surface area (Å²) in [6.07, 6.45) is 0. The molecule has 1 rings (SSSR count). The molecule has 0 bridgehead atoms. The Bertz CT molecular complexity index is 432. The summed E-state index contributed by atoms with van der Waals surface area (Å²) in [5, 5.41) is 7.76. The predicted molar refractivity (Wildman–Crippen MR) is 80.8 cm³/mol. The highest BCUT2D eigenvalue weighted by molar-refractivity contribution is 7.10. The number of rotatable bonds is 7. The molecule has 1 heterocycles. The lowest BCUT2D eigenvalue weighted by atomic mass is 10.2. The van der Waals surface area contributed by atoms with Crippen LogP contribution in [0.25, 0.3) is 0 Å². The van der Waals surface area contributed by atoms with E-state index in [2.05, 4.69) is 10.6 Å². The third kappa shape index (κ3) is 6.16. The molecule has 0 spiro atoms. The lowest BCUT2D eigenvalue weighted by molar-refractivity contribution is -0.862. The standard InChI is InChI=1S/C14H23N3O2S/c1-10(2)15-13(18)8-17(4)9-14(19)16-11(3)12-6-5-7-20-12/h5-7,10-11H,8-9H2,1-4H3,(H,15,18)(H,16,19)/p+1/t11-/m1/s1. The molecule has 0 saturated carbocycles. The van der Waals surface area contributed by atoms with Crippen LogP contribution in [0.3, 0.4) is 0 Å². The zero-order valence-corrected chi connectivity index (χ0v) is 13.3. The summed E-state index contributed by atoms with van der Waals surface area (Å²) >= 11 is 1.62. The molecule has 0 aromatic carbocycles. The van der Waals surface area contributed by atoms with E-state index in [9.17, 15) is 9.59 Å². The van der Waals surface area contributed by atoms with Crippen molar-refractivity contribution in [3.63, 3.8) is 0 Å². The SMILES string of the molecule is CC(C)NC(=O)C[NH+](C)CC(=O)N[C@H](C)c1cccs1. The molecule has 0 aliphatic heterocycles. The second-order valence-corrected chi connectivity index (χ2v) is 6.32. The minimum atomic E-state index is -0.0410. The van der Waals surface area contributed by atoms with E-state index in [1.165, 1.54) is 0 Å². The second kappa shape index (κ2) is 8.01. The Hall–Kier alpha value is -1.40. The number of hydrogen-bond donors (Lipinski definition) is 3. The summed E-state index contributed by atoms with van der Waals surface area (Å²) in [6, 6.07) is 4.11. The number of nitrogens with one attached hydrogen (secondary N) is 3. The molecule has 20 heavy (non-hydrogen) atoms. The highest BCUT2D eigenvalue weighted by Crippen LogP contribution is 2.17. The van der Waals surface area contributed by atoms with Gasteiger partial charge in [0.15, 0.2) is 13.1 Å². The third-order valence-corrected chi connectivity index (χ3v) is 3.78. The lowest BCUT2D eigenvalue weighted by Crippen LogP contribution is -3.11. The van der Waals surface area contributed by atoms with Gasteiger partial charge in [-0.1, -0.05) is 6.07 Å². The molecular formula is C14H24N3O2S+. The molecule has 3 N–H and O–H groups in total.